The molecule has 0 heterocycles. The van der Waals surface area contributed by atoms with Crippen LogP contribution < -0.4 is 0 Å². The number of ether oxygens (including phenoxy) is 1. The van der Waals surface area contributed by atoms with Gasteiger partial charge in [-0.1, -0.05) is 43.3 Å². The lowest BCUT2D eigenvalue weighted by atomic mass is 10.2. The third-order valence-corrected chi connectivity index (χ3v) is 2.19. The van der Waals surface area contributed by atoms with Gasteiger partial charge in [0.15, 0.2) is 0 Å². The van der Waals surface area contributed by atoms with E-state index < -0.39 is 5.97 Å². The molecule has 3 nitrogen and oxygen atoms in total. The van der Waals surface area contributed by atoms with Gasteiger partial charge in [-0.3, -0.25) is 9.59 Å². The van der Waals surface area contributed by atoms with Gasteiger partial charge >= 0.3 is 5.97 Å². The zero-order valence-electron chi connectivity index (χ0n) is 9.89. The summed E-state index contributed by atoms with van der Waals surface area (Å²) in [5, 5.41) is 0. The maximum absolute atomic E-state index is 11.1. The third-order valence-electron chi connectivity index (χ3n) is 2.19. The van der Waals surface area contributed by atoms with E-state index in [1.165, 1.54) is 0 Å². The van der Waals surface area contributed by atoms with Crippen LogP contribution in [0.1, 0.15) is 25.3 Å². The van der Waals surface area contributed by atoms with E-state index in [0.29, 0.717) is 6.42 Å². The van der Waals surface area contributed by atoms with Crippen LogP contribution in [0.25, 0.3) is 6.08 Å². The lowest BCUT2D eigenvalue weighted by Gasteiger charge is -1.99. The Kier molecular flexibility index (Phi) is 5.72. The minimum Gasteiger partial charge on any atom is -0.461 e. The number of Topliss-reactive ketones (excluding diaryl/α,β-unsaturated/α-hetero) is 1. The molecule has 17 heavy (non-hydrogen) atoms. The summed E-state index contributed by atoms with van der Waals surface area (Å²) in [5.41, 5.74) is 1.05. The van der Waals surface area contributed by atoms with Crippen molar-refractivity contribution in [1.82, 2.24) is 0 Å². The van der Waals surface area contributed by atoms with Gasteiger partial charge < -0.3 is 4.74 Å². The predicted octanol–water partition coefficient (Wildman–Crippen LogP) is 2.61. The first-order valence-corrected chi connectivity index (χ1v) is 5.61. The predicted molar refractivity (Wildman–Crippen MR) is 66.4 cm³/mol. The van der Waals surface area contributed by atoms with Crippen LogP contribution in [-0.2, 0) is 14.3 Å². The van der Waals surface area contributed by atoms with Gasteiger partial charge in [-0.05, 0) is 11.6 Å². The number of ketones is 1. The summed E-state index contributed by atoms with van der Waals surface area (Å²) < 4.78 is 4.89. The largest absolute Gasteiger partial charge is 0.461 e. The molecule has 0 saturated carbocycles. The van der Waals surface area contributed by atoms with Gasteiger partial charge in [0, 0.05) is 6.42 Å². The van der Waals surface area contributed by atoms with Gasteiger partial charge in [0.05, 0.1) is 0 Å². The molecule has 1 rings (SSSR count). The molecule has 0 aliphatic heterocycles. The first-order chi connectivity index (χ1) is 8.22. The Morgan fingerprint density at radius 2 is 1.94 bits per heavy atom. The van der Waals surface area contributed by atoms with E-state index in [1.807, 2.05) is 36.4 Å². The van der Waals surface area contributed by atoms with Crippen molar-refractivity contribution in [2.75, 3.05) is 6.61 Å². The molecule has 0 aliphatic carbocycles. The molecule has 0 amide bonds. The van der Waals surface area contributed by atoms with Crippen LogP contribution in [0, 0.1) is 0 Å². The Labute approximate surface area is 101 Å². The Bertz CT molecular complexity index is 393. The normalized spacial score (nSPS) is 10.4. The first kappa shape index (κ1) is 13.2. The molecule has 0 spiro atoms. The van der Waals surface area contributed by atoms with Gasteiger partial charge in [-0.15, -0.1) is 0 Å². The molecule has 1 aromatic rings. The van der Waals surface area contributed by atoms with Crippen LogP contribution >= 0.6 is 0 Å². The molecule has 3 heteroatoms. The molecule has 0 radical (unpaired) electrons. The molecular weight excluding hydrogens is 216 g/mol. The second-order valence-corrected chi connectivity index (χ2v) is 3.57. The van der Waals surface area contributed by atoms with E-state index in [-0.39, 0.29) is 18.8 Å². The van der Waals surface area contributed by atoms with Crippen molar-refractivity contribution in [3.8, 4) is 0 Å². The molecule has 90 valence electrons. The van der Waals surface area contributed by atoms with Gasteiger partial charge in [0.1, 0.15) is 18.8 Å². The Morgan fingerprint density at radius 1 is 1.24 bits per heavy atom. The number of benzene rings is 1. The van der Waals surface area contributed by atoms with Crippen LogP contribution in [-0.4, -0.2) is 18.4 Å². The van der Waals surface area contributed by atoms with Crippen molar-refractivity contribution in [2.24, 2.45) is 0 Å². The second-order valence-electron chi connectivity index (χ2n) is 3.57. The van der Waals surface area contributed by atoms with Crippen molar-refractivity contribution in [3.05, 3.63) is 42.0 Å². The summed E-state index contributed by atoms with van der Waals surface area (Å²) in [6.45, 7) is 1.93. The quantitative estimate of drug-likeness (QED) is 0.559. The number of hydrogen-bond donors (Lipinski definition) is 0. The monoisotopic (exact) mass is 232 g/mol. The molecular formula is C14H16O3. The summed E-state index contributed by atoms with van der Waals surface area (Å²) in [6.07, 6.45) is 3.86. The summed E-state index contributed by atoms with van der Waals surface area (Å²) in [4.78, 5) is 22.1. The molecule has 0 bridgehead atoms. The highest BCUT2D eigenvalue weighted by atomic mass is 16.5. The van der Waals surface area contributed by atoms with Crippen LogP contribution in [0.4, 0.5) is 0 Å². The van der Waals surface area contributed by atoms with Crippen LogP contribution in [0.5, 0.6) is 0 Å². The van der Waals surface area contributed by atoms with Gasteiger partial charge in [-0.2, -0.15) is 0 Å². The topological polar surface area (TPSA) is 43.4 Å². The number of rotatable bonds is 6. The van der Waals surface area contributed by atoms with Crippen LogP contribution in [0.15, 0.2) is 36.4 Å². The molecule has 0 atom stereocenters. The summed E-state index contributed by atoms with van der Waals surface area (Å²) >= 11 is 0. The lowest BCUT2D eigenvalue weighted by Crippen LogP contribution is -2.10. The van der Waals surface area contributed by atoms with Crippen molar-refractivity contribution >= 4 is 17.8 Å². The number of carbonyl (C=O) groups is 2. The fourth-order valence-corrected chi connectivity index (χ4v) is 1.23. The summed E-state index contributed by atoms with van der Waals surface area (Å²) in [6, 6.07) is 9.72. The smallest absolute Gasteiger partial charge is 0.313 e. The fourth-order valence-electron chi connectivity index (χ4n) is 1.23. The second kappa shape index (κ2) is 7.39. The fraction of sp³-hybridized carbons (Fsp3) is 0.286. The highest BCUT2D eigenvalue weighted by molar-refractivity contribution is 5.95. The zero-order chi connectivity index (χ0) is 12.5. The van der Waals surface area contributed by atoms with Crippen molar-refractivity contribution < 1.29 is 14.3 Å². The highest BCUT2D eigenvalue weighted by Crippen LogP contribution is 2.01. The highest BCUT2D eigenvalue weighted by Gasteiger charge is 2.07. The number of esters is 1. The maximum atomic E-state index is 11.1. The first-order valence-electron chi connectivity index (χ1n) is 5.61. The maximum Gasteiger partial charge on any atom is 0.313 e. The van der Waals surface area contributed by atoms with E-state index in [0.717, 1.165) is 5.56 Å². The molecule has 0 fully saturated rings. The number of carbonyl (C=O) groups excluding carboxylic acids is 2. The van der Waals surface area contributed by atoms with Crippen LogP contribution in [0.3, 0.4) is 0 Å². The summed E-state index contributed by atoms with van der Waals surface area (Å²) in [5.74, 6) is -0.559. The molecule has 0 saturated heterocycles. The van der Waals surface area contributed by atoms with Gasteiger partial charge in [0.2, 0.25) is 0 Å². The van der Waals surface area contributed by atoms with E-state index >= 15 is 0 Å². The molecule has 0 aliphatic rings. The molecule has 0 aromatic heterocycles. The van der Waals surface area contributed by atoms with Gasteiger partial charge in [0.25, 0.3) is 0 Å². The average Bonchev–Trinajstić information content (AvgIpc) is 2.36. The van der Waals surface area contributed by atoms with E-state index in [4.69, 9.17) is 4.74 Å². The zero-order valence-corrected chi connectivity index (χ0v) is 9.89. The van der Waals surface area contributed by atoms with Crippen molar-refractivity contribution in [3.63, 3.8) is 0 Å². The Morgan fingerprint density at radius 3 is 2.59 bits per heavy atom. The standard InChI is InChI=1S/C14H16O3/c1-2-13(15)11-14(16)17-10-6-9-12-7-4-3-5-8-12/h3-9H,2,10-11H2,1H3. The van der Waals surface area contributed by atoms with Crippen molar-refractivity contribution in [1.29, 1.82) is 0 Å². The molecule has 0 N–H and O–H groups in total. The number of hydrogen-bond acceptors (Lipinski definition) is 3. The van der Waals surface area contributed by atoms with E-state index in [1.54, 1.807) is 13.0 Å². The Balaban J connectivity index is 2.26. The SMILES string of the molecule is CCC(=O)CC(=O)OCC=Cc1ccccc1. The Hall–Kier alpha value is -1.90. The van der Waals surface area contributed by atoms with Crippen molar-refractivity contribution in [2.45, 2.75) is 19.8 Å². The average molecular weight is 232 g/mol. The third kappa shape index (κ3) is 5.66. The van der Waals surface area contributed by atoms with Crippen LogP contribution in [0.2, 0.25) is 0 Å². The minimum absolute atomic E-state index is 0.0953. The molecule has 1 aromatic carbocycles. The minimum atomic E-state index is -0.463. The summed E-state index contributed by atoms with van der Waals surface area (Å²) in [7, 11) is 0. The lowest BCUT2D eigenvalue weighted by molar-refractivity contribution is -0.144. The van der Waals surface area contributed by atoms with E-state index in [2.05, 4.69) is 0 Å². The van der Waals surface area contributed by atoms with Gasteiger partial charge in [-0.25, -0.2) is 0 Å². The molecule has 0 unspecified atom stereocenters. The van der Waals surface area contributed by atoms with E-state index in [9.17, 15) is 9.59 Å².